The Morgan fingerprint density at radius 2 is 2.06 bits per heavy atom. The molecule has 1 heterocycles. The smallest absolute Gasteiger partial charge is 0.175 e. The maximum Gasteiger partial charge on any atom is 0.175 e. The van der Waals surface area contributed by atoms with Crippen molar-refractivity contribution < 1.29 is 14.3 Å². The molecule has 4 heteroatoms. The van der Waals surface area contributed by atoms with Gasteiger partial charge >= 0.3 is 0 Å². The summed E-state index contributed by atoms with van der Waals surface area (Å²) in [5, 5.41) is 10.3. The van der Waals surface area contributed by atoms with E-state index in [1.54, 1.807) is 19.4 Å². The van der Waals surface area contributed by atoms with Crippen LogP contribution in [0.4, 0.5) is 0 Å². The normalized spacial score (nSPS) is 12.5. The minimum absolute atomic E-state index is 0.556. The number of hydrogen-bond donors (Lipinski definition) is 1. The molecule has 0 spiro atoms. The molecule has 1 aromatic carbocycles. The van der Waals surface area contributed by atoms with Gasteiger partial charge in [-0.1, -0.05) is 6.07 Å². The second-order valence-corrected chi connectivity index (χ2v) is 4.49. The van der Waals surface area contributed by atoms with E-state index in [9.17, 15) is 5.11 Å². The summed E-state index contributed by atoms with van der Waals surface area (Å²) >= 11 is 3.27. The maximum atomic E-state index is 10.3. The Bertz CT molecular complexity index is 519. The van der Waals surface area contributed by atoms with Crippen LogP contribution in [0.2, 0.25) is 0 Å². The van der Waals surface area contributed by atoms with Crippen LogP contribution in [0.5, 0.6) is 5.75 Å². The monoisotopic (exact) mass is 296 g/mol. The average Bonchev–Trinajstić information content (AvgIpc) is 2.74. The predicted molar refractivity (Wildman–Crippen MR) is 68.2 cm³/mol. The molecule has 0 amide bonds. The van der Waals surface area contributed by atoms with Gasteiger partial charge in [0, 0.05) is 5.56 Å². The predicted octanol–water partition coefficient (Wildman–Crippen LogP) is 3.44. The van der Waals surface area contributed by atoms with Gasteiger partial charge in [0.15, 0.2) is 4.67 Å². The quantitative estimate of drug-likeness (QED) is 0.943. The third-order valence-corrected chi connectivity index (χ3v) is 3.36. The van der Waals surface area contributed by atoms with Crippen molar-refractivity contribution in [1.29, 1.82) is 0 Å². The first-order valence-corrected chi connectivity index (χ1v) is 5.98. The molecule has 0 saturated heterocycles. The molecule has 0 fully saturated rings. The Labute approximate surface area is 108 Å². The fraction of sp³-hybridized carbons (Fsp3) is 0.231. The van der Waals surface area contributed by atoms with Gasteiger partial charge in [-0.2, -0.15) is 0 Å². The zero-order valence-electron chi connectivity index (χ0n) is 9.61. The highest BCUT2D eigenvalue weighted by Crippen LogP contribution is 2.32. The van der Waals surface area contributed by atoms with Gasteiger partial charge in [-0.25, -0.2) is 0 Å². The van der Waals surface area contributed by atoms with Crippen molar-refractivity contribution in [1.82, 2.24) is 0 Å². The summed E-state index contributed by atoms with van der Waals surface area (Å²) in [6, 6.07) is 7.34. The number of benzene rings is 1. The van der Waals surface area contributed by atoms with Crippen LogP contribution in [0.1, 0.15) is 22.8 Å². The number of furan rings is 1. The molecule has 0 aliphatic rings. The molecule has 1 atom stereocenters. The molecule has 0 aliphatic heterocycles. The molecule has 17 heavy (non-hydrogen) atoms. The fourth-order valence-electron chi connectivity index (χ4n) is 1.75. The number of hydrogen-bond acceptors (Lipinski definition) is 3. The Balaban J connectivity index is 2.38. The summed E-state index contributed by atoms with van der Waals surface area (Å²) in [4.78, 5) is 0. The number of halogens is 1. The minimum Gasteiger partial charge on any atom is -0.497 e. The minimum atomic E-state index is -0.700. The first kappa shape index (κ1) is 12.2. The van der Waals surface area contributed by atoms with Gasteiger partial charge < -0.3 is 14.3 Å². The second-order valence-electron chi connectivity index (χ2n) is 3.77. The molecule has 0 aliphatic carbocycles. The van der Waals surface area contributed by atoms with Gasteiger partial charge in [-0.3, -0.25) is 0 Å². The molecule has 1 unspecified atom stereocenters. The standard InChI is InChI=1S/C13H13BrO3/c1-8-7-9(16-2)3-4-10(8)12(15)11-5-6-17-13(11)14/h3-7,12,15H,1-2H3. The SMILES string of the molecule is COc1ccc(C(O)c2ccoc2Br)c(C)c1. The van der Waals surface area contributed by atoms with Crippen LogP contribution in [-0.2, 0) is 0 Å². The van der Waals surface area contributed by atoms with E-state index in [4.69, 9.17) is 9.15 Å². The number of aryl methyl sites for hydroxylation is 1. The van der Waals surface area contributed by atoms with Crippen LogP contribution in [-0.4, -0.2) is 12.2 Å². The molecule has 0 saturated carbocycles. The van der Waals surface area contributed by atoms with Gasteiger partial charge in [-0.15, -0.1) is 0 Å². The molecule has 1 aromatic heterocycles. The van der Waals surface area contributed by atoms with Crippen LogP contribution >= 0.6 is 15.9 Å². The lowest BCUT2D eigenvalue weighted by molar-refractivity contribution is 0.217. The Hall–Kier alpha value is -1.26. The highest BCUT2D eigenvalue weighted by molar-refractivity contribution is 9.10. The Morgan fingerprint density at radius 3 is 2.59 bits per heavy atom. The first-order valence-electron chi connectivity index (χ1n) is 5.19. The third-order valence-electron chi connectivity index (χ3n) is 2.71. The molecule has 1 N–H and O–H groups in total. The van der Waals surface area contributed by atoms with Crippen molar-refractivity contribution in [3.63, 3.8) is 0 Å². The van der Waals surface area contributed by atoms with E-state index < -0.39 is 6.10 Å². The number of aliphatic hydroxyl groups excluding tert-OH is 1. The summed E-state index contributed by atoms with van der Waals surface area (Å²) in [7, 11) is 1.62. The van der Waals surface area contributed by atoms with Crippen LogP contribution in [0, 0.1) is 6.92 Å². The molecular weight excluding hydrogens is 284 g/mol. The van der Waals surface area contributed by atoms with E-state index in [1.165, 1.54) is 0 Å². The van der Waals surface area contributed by atoms with Crippen molar-refractivity contribution in [3.05, 3.63) is 51.9 Å². The van der Waals surface area contributed by atoms with Crippen molar-refractivity contribution >= 4 is 15.9 Å². The van der Waals surface area contributed by atoms with Gasteiger partial charge in [-0.05, 0) is 52.2 Å². The van der Waals surface area contributed by atoms with Gasteiger partial charge in [0.1, 0.15) is 11.9 Å². The highest BCUT2D eigenvalue weighted by atomic mass is 79.9. The largest absolute Gasteiger partial charge is 0.497 e. The van der Waals surface area contributed by atoms with E-state index in [1.807, 2.05) is 25.1 Å². The number of ether oxygens (including phenoxy) is 1. The van der Waals surface area contributed by atoms with E-state index in [2.05, 4.69) is 15.9 Å². The first-order chi connectivity index (χ1) is 8.13. The lowest BCUT2D eigenvalue weighted by atomic mass is 9.99. The van der Waals surface area contributed by atoms with E-state index in [-0.39, 0.29) is 0 Å². The van der Waals surface area contributed by atoms with Crippen LogP contribution in [0.3, 0.4) is 0 Å². The van der Waals surface area contributed by atoms with Gasteiger partial charge in [0.2, 0.25) is 0 Å². The van der Waals surface area contributed by atoms with Crippen LogP contribution in [0.25, 0.3) is 0 Å². The lowest BCUT2D eigenvalue weighted by Gasteiger charge is -2.13. The zero-order chi connectivity index (χ0) is 12.4. The molecule has 0 radical (unpaired) electrons. The maximum absolute atomic E-state index is 10.3. The van der Waals surface area contributed by atoms with Crippen molar-refractivity contribution in [2.45, 2.75) is 13.0 Å². The van der Waals surface area contributed by atoms with Crippen molar-refractivity contribution in [3.8, 4) is 5.75 Å². The molecule has 90 valence electrons. The van der Waals surface area contributed by atoms with Gasteiger partial charge in [0.25, 0.3) is 0 Å². The Morgan fingerprint density at radius 1 is 1.29 bits per heavy atom. The molecular formula is C13H13BrO3. The summed E-state index contributed by atoms with van der Waals surface area (Å²) in [5.74, 6) is 0.782. The lowest BCUT2D eigenvalue weighted by Crippen LogP contribution is -2.01. The second kappa shape index (κ2) is 4.94. The fourth-order valence-corrected chi connectivity index (χ4v) is 2.21. The summed E-state index contributed by atoms with van der Waals surface area (Å²) in [6.07, 6.45) is 0.843. The summed E-state index contributed by atoms with van der Waals surface area (Å²) in [5.41, 5.74) is 2.54. The van der Waals surface area contributed by atoms with Crippen LogP contribution in [0.15, 0.2) is 39.6 Å². The van der Waals surface area contributed by atoms with E-state index in [0.717, 1.165) is 22.4 Å². The molecule has 0 bridgehead atoms. The number of aliphatic hydroxyl groups is 1. The molecule has 2 rings (SSSR count). The van der Waals surface area contributed by atoms with E-state index in [0.29, 0.717) is 4.67 Å². The topological polar surface area (TPSA) is 42.6 Å². The highest BCUT2D eigenvalue weighted by Gasteiger charge is 2.17. The average molecular weight is 297 g/mol. The summed E-state index contributed by atoms with van der Waals surface area (Å²) in [6.45, 7) is 1.94. The Kier molecular flexibility index (Phi) is 3.54. The molecule has 2 aromatic rings. The third kappa shape index (κ3) is 2.37. The number of methoxy groups -OCH3 is 1. The zero-order valence-corrected chi connectivity index (χ0v) is 11.2. The molecule has 3 nitrogen and oxygen atoms in total. The van der Waals surface area contributed by atoms with E-state index >= 15 is 0 Å². The summed E-state index contributed by atoms with van der Waals surface area (Å²) < 4.78 is 10.8. The number of rotatable bonds is 3. The van der Waals surface area contributed by atoms with Crippen molar-refractivity contribution in [2.75, 3.05) is 7.11 Å². The van der Waals surface area contributed by atoms with Crippen LogP contribution < -0.4 is 4.74 Å². The van der Waals surface area contributed by atoms with Crippen molar-refractivity contribution in [2.24, 2.45) is 0 Å². The van der Waals surface area contributed by atoms with Gasteiger partial charge in [0.05, 0.1) is 13.4 Å².